The number of aromatic nitrogens is 4. The van der Waals surface area contributed by atoms with Crippen LogP contribution in [0.2, 0.25) is 0 Å². The Morgan fingerprint density at radius 3 is 1.42 bits per heavy atom. The fourth-order valence-corrected chi connectivity index (χ4v) is 13.2. The number of carbonyl (C=O) groups excluding carboxylic acids is 10. The largest absolute Gasteiger partial charge is 1.00 e. The van der Waals surface area contributed by atoms with E-state index in [0.29, 0.717) is 22.1 Å². The number of likely N-dealkylation sites (N-methyl/N-ethyl adjacent to an activating group) is 4. The zero-order valence-electron chi connectivity index (χ0n) is 45.9. The number of rotatable bonds is 7. The van der Waals surface area contributed by atoms with Crippen LogP contribution in [-0.2, 0) is 58.7 Å². The Kier molecular flexibility index (Phi) is 21.5. The number of hydrogen-bond acceptors (Lipinski definition) is 17. The first-order chi connectivity index (χ1) is 36.9. The van der Waals surface area contributed by atoms with Gasteiger partial charge in [-0.3, -0.25) is 48.3 Å². The van der Waals surface area contributed by atoms with Gasteiger partial charge < -0.3 is 62.7 Å². The van der Waals surface area contributed by atoms with Crippen molar-refractivity contribution < 1.29 is 69.8 Å². The Morgan fingerprint density at radius 1 is 0.620 bits per heavy atom. The number of thioether (sulfide) groups is 1. The SMILES string of the molecule is CSC1[C@H]2C(=O)N(C)[C@@H](C(C)C)C(=O)OC[C@H](NC(=O)c3cnc4ccccc4n3)C(=O)N[C@@H](C)C(=O)N(C)[C@@H](C[S+]1C)C(=O)N(C)[C@@H](C(C)C)C(=O)OC[C@H](NC(=O)c1cnc3ccccc3n1)C(=O)N[C@@H](C)C(=O)N2C.[Cl-]. The monoisotopic (exact) mass is 1150 g/mol. The van der Waals surface area contributed by atoms with Crippen molar-refractivity contribution in [3.05, 3.63) is 72.3 Å². The Labute approximate surface area is 470 Å². The molecule has 6 rings (SSSR count). The molecular weight excluding hydrogens is 1080 g/mol. The van der Waals surface area contributed by atoms with Crippen molar-refractivity contribution in [2.45, 2.75) is 94.5 Å². The minimum Gasteiger partial charge on any atom is -1.00 e. The Morgan fingerprint density at radius 2 is 1.01 bits per heavy atom. The summed E-state index contributed by atoms with van der Waals surface area (Å²) in [6, 6.07) is 1.88. The number of halogens is 1. The van der Waals surface area contributed by atoms with Gasteiger partial charge >= 0.3 is 11.9 Å². The van der Waals surface area contributed by atoms with E-state index >= 15 is 9.59 Å². The highest BCUT2D eigenvalue weighted by atomic mass is 35.5. The standard InChI is InChI=1S/C52H66N12O12S2.ClH/c1-26(2)39-50(73)75-23-37(60-43(66)35-22-54-31-18-14-16-20-33(31)58-35)45(68)56-29(6)47(70)64(10)41-49(72)63(9)40(27(3)4)51(74)76-24-36(59-42(65)34-21-53-30-17-13-15-19-32(30)57-34)44(67)55-28(5)46(69)61(7)38(48(71)62(39)8)25-78(12)52(41)77-11;/h13-22,26-29,36-41,52H,23-25H2,1-12H3,(H3-,55,56,59,60,65,66,67,68);1H/t28-,29-,36-,37-,38-,39-,40-,41+,52?,78?;/m0./s1. The lowest BCUT2D eigenvalue weighted by molar-refractivity contribution is -0.160. The molecule has 4 heterocycles. The maximum atomic E-state index is 15.4. The third-order valence-corrected chi connectivity index (χ3v) is 17.7. The minimum absolute atomic E-state index is 0. The van der Waals surface area contributed by atoms with Crippen molar-refractivity contribution >= 4 is 104 Å². The number of ether oxygens (including phenoxy) is 2. The van der Waals surface area contributed by atoms with E-state index in [1.807, 2.05) is 0 Å². The average molecular weight is 1150 g/mol. The quantitative estimate of drug-likeness (QED) is 0.107. The maximum absolute atomic E-state index is 15.4. The molecule has 24 nitrogen and oxygen atoms in total. The molecule has 8 amide bonds. The predicted octanol–water partition coefficient (Wildman–Crippen LogP) is -2.85. The van der Waals surface area contributed by atoms with Crippen LogP contribution in [0.1, 0.15) is 62.5 Å². The highest BCUT2D eigenvalue weighted by Crippen LogP contribution is 2.29. The number of nitrogens with zero attached hydrogens (tertiary/aromatic N) is 8. The van der Waals surface area contributed by atoms with E-state index in [2.05, 4.69) is 41.2 Å². The summed E-state index contributed by atoms with van der Waals surface area (Å²) < 4.78 is 10.6. The minimum atomic E-state index is -1.66. The third-order valence-electron chi connectivity index (χ3n) is 13.6. The van der Waals surface area contributed by atoms with Crippen LogP contribution in [0, 0.1) is 11.8 Å². The Bertz CT molecular complexity index is 2980. The molecule has 0 radical (unpaired) electrons. The summed E-state index contributed by atoms with van der Waals surface area (Å²) in [5.41, 5.74) is 1.39. The first-order valence-electron chi connectivity index (χ1n) is 25.1. The lowest BCUT2D eigenvalue weighted by Gasteiger charge is -2.39. The van der Waals surface area contributed by atoms with E-state index in [9.17, 15) is 38.4 Å². The third kappa shape index (κ3) is 14.4. The molecule has 0 spiro atoms. The molecule has 79 heavy (non-hydrogen) atoms. The van der Waals surface area contributed by atoms with Crippen LogP contribution in [0.5, 0.6) is 0 Å². The number of carbonyl (C=O) groups is 10. The fourth-order valence-electron chi connectivity index (χ4n) is 9.26. The van der Waals surface area contributed by atoms with Gasteiger partial charge in [0, 0.05) is 39.1 Å². The van der Waals surface area contributed by atoms with Gasteiger partial charge in [0.1, 0.15) is 66.6 Å². The molecule has 426 valence electrons. The molecule has 0 saturated carbocycles. The lowest BCUT2D eigenvalue weighted by Crippen LogP contribution is -3.00. The normalized spacial score (nSPS) is 25.8. The first-order valence-corrected chi connectivity index (χ1v) is 28.2. The molecular formula is C52H67ClN12O12S2. The molecule has 2 saturated heterocycles. The Balaban J connectivity index is 0.0000115. The number of nitrogens with one attached hydrogen (secondary N) is 4. The summed E-state index contributed by atoms with van der Waals surface area (Å²) in [6.07, 6.45) is 5.86. The molecule has 2 aromatic heterocycles. The molecule has 10 atom stereocenters. The van der Waals surface area contributed by atoms with Crippen LogP contribution in [0.4, 0.5) is 0 Å². The summed E-state index contributed by atoms with van der Waals surface area (Å²) in [4.78, 5) is 167. The molecule has 2 bridgehead atoms. The molecule has 27 heteroatoms. The molecule has 2 aromatic carbocycles. The molecule has 4 N–H and O–H groups in total. The molecule has 2 unspecified atom stereocenters. The number of fused-ring (bicyclic) bond motifs is 6. The number of amides is 8. The van der Waals surface area contributed by atoms with E-state index in [1.54, 1.807) is 88.7 Å². The van der Waals surface area contributed by atoms with Crippen molar-refractivity contribution in [3.8, 4) is 0 Å². The van der Waals surface area contributed by atoms with Crippen LogP contribution >= 0.6 is 11.8 Å². The van der Waals surface area contributed by atoms with Gasteiger partial charge in [0.15, 0.2) is 16.7 Å². The van der Waals surface area contributed by atoms with Crippen LogP contribution in [0.15, 0.2) is 60.9 Å². The molecule has 2 aliphatic rings. The summed E-state index contributed by atoms with van der Waals surface area (Å²) in [5.74, 6) is -10.2. The molecule has 0 aliphatic carbocycles. The van der Waals surface area contributed by atoms with Gasteiger partial charge in [0.2, 0.25) is 23.6 Å². The summed E-state index contributed by atoms with van der Waals surface area (Å²) >= 11 is 1.19. The smallest absolute Gasteiger partial charge is 0.329 e. The van der Waals surface area contributed by atoms with Crippen LogP contribution < -0.4 is 33.7 Å². The number of esters is 2. The van der Waals surface area contributed by atoms with Gasteiger partial charge in [-0.2, -0.15) is 0 Å². The highest BCUT2D eigenvalue weighted by Gasteiger charge is 2.50. The topological polar surface area (TPSA) is 302 Å². The van der Waals surface area contributed by atoms with Crippen molar-refractivity contribution in [1.82, 2.24) is 60.8 Å². The number of cyclic esters (lactones) is 2. The van der Waals surface area contributed by atoms with Crippen molar-refractivity contribution in [1.29, 1.82) is 0 Å². The fraction of sp³-hybridized carbons (Fsp3) is 0.500. The maximum Gasteiger partial charge on any atom is 0.329 e. The number of benzene rings is 2. The van der Waals surface area contributed by atoms with Crippen LogP contribution in [0.25, 0.3) is 22.1 Å². The van der Waals surface area contributed by atoms with Gasteiger partial charge in [-0.25, -0.2) is 19.6 Å². The summed E-state index contributed by atoms with van der Waals surface area (Å²) in [5, 5.41) is 10.3. The van der Waals surface area contributed by atoms with Crippen molar-refractivity contribution in [2.75, 3.05) is 59.7 Å². The molecule has 2 fully saturated rings. The van der Waals surface area contributed by atoms with Crippen LogP contribution in [0.3, 0.4) is 0 Å². The zero-order chi connectivity index (χ0) is 57.4. The van der Waals surface area contributed by atoms with E-state index < -0.39 is 148 Å². The van der Waals surface area contributed by atoms with Gasteiger partial charge in [0.05, 0.1) is 40.7 Å². The van der Waals surface area contributed by atoms with Crippen molar-refractivity contribution in [2.24, 2.45) is 11.8 Å². The second kappa shape index (κ2) is 27.1. The number of hydrogen-bond donors (Lipinski definition) is 4. The summed E-state index contributed by atoms with van der Waals surface area (Å²) in [6.45, 7) is 7.76. The van der Waals surface area contributed by atoms with E-state index in [4.69, 9.17) is 9.47 Å². The molecule has 2 aliphatic heterocycles. The number of para-hydroxylation sites is 4. The zero-order valence-corrected chi connectivity index (χ0v) is 48.3. The predicted molar refractivity (Wildman–Crippen MR) is 290 cm³/mol. The van der Waals surface area contributed by atoms with Gasteiger partial charge in [-0.15, -0.1) is 11.8 Å². The second-order valence-electron chi connectivity index (χ2n) is 19.9. The van der Waals surface area contributed by atoms with Crippen molar-refractivity contribution in [3.63, 3.8) is 0 Å². The molecule has 4 aromatic rings. The van der Waals surface area contributed by atoms with Gasteiger partial charge in [-0.1, -0.05) is 52.0 Å². The first kappa shape index (κ1) is 62.7. The van der Waals surface area contributed by atoms with Gasteiger partial charge in [0.25, 0.3) is 23.6 Å². The van der Waals surface area contributed by atoms with E-state index in [1.165, 1.54) is 66.2 Å². The van der Waals surface area contributed by atoms with E-state index in [-0.39, 0.29) is 29.5 Å². The summed E-state index contributed by atoms with van der Waals surface area (Å²) in [7, 11) is 4.27. The average Bonchev–Trinajstić information content (AvgIpc) is 3.42. The van der Waals surface area contributed by atoms with E-state index in [0.717, 1.165) is 19.6 Å². The van der Waals surface area contributed by atoms with Gasteiger partial charge in [-0.05, 0) is 56.2 Å². The Hall–Kier alpha value is -7.19. The second-order valence-corrected chi connectivity index (χ2v) is 23.4. The van der Waals surface area contributed by atoms with Crippen LogP contribution in [-0.4, -0.2) is 211 Å². The lowest BCUT2D eigenvalue weighted by atomic mass is 10.0. The highest BCUT2D eigenvalue weighted by molar-refractivity contribution is 8.15.